The summed E-state index contributed by atoms with van der Waals surface area (Å²) >= 11 is 0. The molecule has 2 amide bonds. The van der Waals surface area contributed by atoms with E-state index in [4.69, 9.17) is 9.47 Å². The lowest BCUT2D eigenvalue weighted by atomic mass is 10.2. The number of ether oxygens (including phenoxy) is 2. The summed E-state index contributed by atoms with van der Waals surface area (Å²) in [4.78, 5) is 28.4. The fourth-order valence-electron chi connectivity index (χ4n) is 2.77. The lowest BCUT2D eigenvalue weighted by molar-refractivity contribution is -0.115. The molecule has 0 aliphatic heterocycles. The Balaban J connectivity index is 1.48. The number of nitrogens with zero attached hydrogens (tertiary/aromatic N) is 3. The first kappa shape index (κ1) is 20.8. The second-order valence-electron chi connectivity index (χ2n) is 6.37. The molecule has 1 aromatic carbocycles. The highest BCUT2D eigenvalue weighted by molar-refractivity contribution is 5.99. The maximum Gasteiger partial charge on any atom is 0.251 e. The van der Waals surface area contributed by atoms with Crippen molar-refractivity contribution in [1.29, 1.82) is 0 Å². The molecule has 3 rings (SSSR count). The molecular formula is C21H23N5O4. The standard InChI is InChI=1S/C21H23N5O4/c1-29-17-4-3-16(13-18(17)30-2)21(28)23-14-20(27)24-19-8-12-26(25-19)11-7-15-5-9-22-10-6-15/h3-6,8-10,12-13H,7,11,14H2,1-2H3,(H,23,28)(H,24,25,27). The van der Waals surface area contributed by atoms with Gasteiger partial charge in [-0.3, -0.25) is 19.3 Å². The maximum absolute atomic E-state index is 12.3. The van der Waals surface area contributed by atoms with Gasteiger partial charge >= 0.3 is 0 Å². The third-order valence-corrected chi connectivity index (χ3v) is 4.34. The van der Waals surface area contributed by atoms with Gasteiger partial charge in [-0.1, -0.05) is 0 Å². The molecule has 0 saturated heterocycles. The molecule has 2 aromatic heterocycles. The number of aryl methyl sites for hydroxylation is 2. The fourth-order valence-corrected chi connectivity index (χ4v) is 2.77. The summed E-state index contributed by atoms with van der Waals surface area (Å²) in [7, 11) is 3.01. The second kappa shape index (κ2) is 10.1. The molecular weight excluding hydrogens is 386 g/mol. The van der Waals surface area contributed by atoms with Crippen molar-refractivity contribution < 1.29 is 19.1 Å². The molecule has 0 bridgehead atoms. The van der Waals surface area contributed by atoms with E-state index in [0.29, 0.717) is 29.4 Å². The number of hydrogen-bond acceptors (Lipinski definition) is 6. The summed E-state index contributed by atoms with van der Waals surface area (Å²) in [6, 6.07) is 10.4. The highest BCUT2D eigenvalue weighted by Crippen LogP contribution is 2.27. The van der Waals surface area contributed by atoms with Gasteiger partial charge in [0.25, 0.3) is 5.91 Å². The normalized spacial score (nSPS) is 10.3. The highest BCUT2D eigenvalue weighted by Gasteiger charge is 2.12. The van der Waals surface area contributed by atoms with Gasteiger partial charge < -0.3 is 20.1 Å². The van der Waals surface area contributed by atoms with E-state index in [-0.39, 0.29) is 12.5 Å². The van der Waals surface area contributed by atoms with Crippen LogP contribution in [-0.4, -0.2) is 47.3 Å². The molecule has 0 fully saturated rings. The van der Waals surface area contributed by atoms with Gasteiger partial charge in [-0.05, 0) is 42.3 Å². The zero-order valence-corrected chi connectivity index (χ0v) is 16.8. The summed E-state index contributed by atoms with van der Waals surface area (Å²) in [5.74, 6) is 0.616. The number of nitrogens with one attached hydrogen (secondary N) is 2. The fraction of sp³-hybridized carbons (Fsp3) is 0.238. The Morgan fingerprint density at radius 1 is 1.03 bits per heavy atom. The van der Waals surface area contributed by atoms with E-state index in [1.165, 1.54) is 14.2 Å². The molecule has 0 radical (unpaired) electrons. The van der Waals surface area contributed by atoms with Crippen LogP contribution in [0.15, 0.2) is 55.0 Å². The Hall–Kier alpha value is -3.88. The average molecular weight is 409 g/mol. The highest BCUT2D eigenvalue weighted by atomic mass is 16.5. The second-order valence-corrected chi connectivity index (χ2v) is 6.37. The van der Waals surface area contributed by atoms with Crippen molar-refractivity contribution in [3.63, 3.8) is 0 Å². The van der Waals surface area contributed by atoms with Crippen molar-refractivity contribution in [3.05, 3.63) is 66.1 Å². The molecule has 30 heavy (non-hydrogen) atoms. The minimum atomic E-state index is -0.394. The maximum atomic E-state index is 12.3. The van der Waals surface area contributed by atoms with Gasteiger partial charge in [0.05, 0.1) is 20.8 Å². The van der Waals surface area contributed by atoms with Crippen LogP contribution in [0, 0.1) is 0 Å². The Labute approximate surface area is 174 Å². The molecule has 0 unspecified atom stereocenters. The van der Waals surface area contributed by atoms with Crippen LogP contribution in [0.1, 0.15) is 15.9 Å². The number of rotatable bonds is 9. The van der Waals surface area contributed by atoms with Crippen LogP contribution < -0.4 is 20.1 Å². The molecule has 2 N–H and O–H groups in total. The van der Waals surface area contributed by atoms with Gasteiger partial charge in [0.2, 0.25) is 5.91 Å². The Morgan fingerprint density at radius 3 is 2.53 bits per heavy atom. The van der Waals surface area contributed by atoms with Crippen molar-refractivity contribution in [3.8, 4) is 11.5 Å². The predicted octanol–water partition coefficient (Wildman–Crippen LogP) is 1.91. The number of aromatic nitrogens is 3. The SMILES string of the molecule is COc1ccc(C(=O)NCC(=O)Nc2ccn(CCc3ccncc3)n2)cc1OC. The third kappa shape index (κ3) is 5.57. The van der Waals surface area contributed by atoms with Crippen molar-refractivity contribution in [1.82, 2.24) is 20.1 Å². The van der Waals surface area contributed by atoms with E-state index in [9.17, 15) is 9.59 Å². The summed E-state index contributed by atoms with van der Waals surface area (Å²) in [5.41, 5.74) is 1.52. The predicted molar refractivity (Wildman–Crippen MR) is 111 cm³/mol. The van der Waals surface area contributed by atoms with Crippen LogP contribution in [-0.2, 0) is 17.8 Å². The molecule has 3 aromatic rings. The van der Waals surface area contributed by atoms with Crippen molar-refractivity contribution in [2.75, 3.05) is 26.1 Å². The summed E-state index contributed by atoms with van der Waals surface area (Å²) in [6.45, 7) is 0.493. The van der Waals surface area contributed by atoms with Gasteiger partial charge in [-0.25, -0.2) is 0 Å². The quantitative estimate of drug-likeness (QED) is 0.559. The minimum absolute atomic E-state index is 0.183. The van der Waals surface area contributed by atoms with E-state index in [2.05, 4.69) is 20.7 Å². The summed E-state index contributed by atoms with van der Waals surface area (Å²) < 4.78 is 12.1. The lowest BCUT2D eigenvalue weighted by Crippen LogP contribution is -2.33. The van der Waals surface area contributed by atoms with Crippen LogP contribution >= 0.6 is 0 Å². The number of amides is 2. The van der Waals surface area contributed by atoms with Gasteiger partial charge in [0.1, 0.15) is 0 Å². The number of hydrogen-bond donors (Lipinski definition) is 2. The number of carbonyl (C=O) groups is 2. The van der Waals surface area contributed by atoms with E-state index >= 15 is 0 Å². The first-order valence-corrected chi connectivity index (χ1v) is 9.31. The van der Waals surface area contributed by atoms with Crippen LogP contribution in [0.2, 0.25) is 0 Å². The van der Waals surface area contributed by atoms with E-state index in [1.807, 2.05) is 12.1 Å². The first-order chi connectivity index (χ1) is 14.6. The third-order valence-electron chi connectivity index (χ3n) is 4.34. The first-order valence-electron chi connectivity index (χ1n) is 9.31. The monoisotopic (exact) mass is 409 g/mol. The molecule has 9 nitrogen and oxygen atoms in total. The molecule has 0 spiro atoms. The van der Waals surface area contributed by atoms with E-state index < -0.39 is 5.91 Å². The number of pyridine rings is 1. The number of anilines is 1. The molecule has 2 heterocycles. The Morgan fingerprint density at radius 2 is 1.80 bits per heavy atom. The number of benzene rings is 1. The van der Waals surface area contributed by atoms with Gasteiger partial charge in [0, 0.05) is 36.8 Å². The minimum Gasteiger partial charge on any atom is -0.493 e. The summed E-state index contributed by atoms with van der Waals surface area (Å²) in [6.07, 6.45) is 6.10. The lowest BCUT2D eigenvalue weighted by Gasteiger charge is -2.10. The van der Waals surface area contributed by atoms with Crippen molar-refractivity contribution in [2.24, 2.45) is 0 Å². The number of carbonyl (C=O) groups excluding carboxylic acids is 2. The zero-order valence-electron chi connectivity index (χ0n) is 16.8. The molecule has 9 heteroatoms. The molecule has 0 atom stereocenters. The van der Waals surface area contributed by atoms with Gasteiger partial charge in [-0.15, -0.1) is 0 Å². The van der Waals surface area contributed by atoms with Gasteiger partial charge in [0.15, 0.2) is 17.3 Å². The van der Waals surface area contributed by atoms with Crippen LogP contribution in [0.25, 0.3) is 0 Å². The van der Waals surface area contributed by atoms with E-state index in [0.717, 1.165) is 12.0 Å². The van der Waals surface area contributed by atoms with E-state index in [1.54, 1.807) is 47.5 Å². The molecule has 0 aliphatic carbocycles. The van der Waals surface area contributed by atoms with Crippen LogP contribution in [0.5, 0.6) is 11.5 Å². The van der Waals surface area contributed by atoms with Gasteiger partial charge in [-0.2, -0.15) is 5.10 Å². The van der Waals surface area contributed by atoms with Crippen molar-refractivity contribution >= 4 is 17.6 Å². The summed E-state index contributed by atoms with van der Waals surface area (Å²) in [5, 5.41) is 9.56. The average Bonchev–Trinajstić information content (AvgIpc) is 3.23. The van der Waals surface area contributed by atoms with Crippen LogP contribution in [0.3, 0.4) is 0 Å². The number of methoxy groups -OCH3 is 2. The van der Waals surface area contributed by atoms with Crippen LogP contribution in [0.4, 0.5) is 5.82 Å². The molecule has 0 saturated carbocycles. The Kier molecular flexibility index (Phi) is 6.99. The smallest absolute Gasteiger partial charge is 0.251 e. The largest absolute Gasteiger partial charge is 0.493 e. The zero-order chi connectivity index (χ0) is 21.3. The topological polar surface area (TPSA) is 107 Å². The van der Waals surface area contributed by atoms with Crippen molar-refractivity contribution in [2.45, 2.75) is 13.0 Å². The molecule has 156 valence electrons. The Bertz CT molecular complexity index is 1000. The molecule has 0 aliphatic rings.